The van der Waals surface area contributed by atoms with Gasteiger partial charge in [0.1, 0.15) is 0 Å². The Balaban J connectivity index is 0.00000169. The largest absolute Gasteiger partial charge is 1.00 e. The van der Waals surface area contributed by atoms with E-state index in [1.807, 2.05) is 6.07 Å². The third kappa shape index (κ3) is 2.45. The average molecular weight is 345 g/mol. The van der Waals surface area contributed by atoms with E-state index in [-0.39, 0.29) is 62.2 Å². The van der Waals surface area contributed by atoms with E-state index in [4.69, 9.17) is 0 Å². The van der Waals surface area contributed by atoms with Crippen LogP contribution in [0.1, 0.15) is 45.6 Å². The van der Waals surface area contributed by atoms with Gasteiger partial charge in [-0.3, -0.25) is 0 Å². The zero-order chi connectivity index (χ0) is 16.3. The van der Waals surface area contributed by atoms with E-state index < -0.39 is 5.60 Å². The van der Waals surface area contributed by atoms with Gasteiger partial charge < -0.3 is 5.11 Å². The normalized spacial score (nSPS) is 33.2. The first-order valence-corrected chi connectivity index (χ1v) is 8.75. The van der Waals surface area contributed by atoms with Gasteiger partial charge in [0, 0.05) is 0 Å². The maximum atomic E-state index is 13.9. The molecular weight excluding hydrogens is 319 g/mol. The summed E-state index contributed by atoms with van der Waals surface area (Å²) in [6.07, 6.45) is 3.07. The second kappa shape index (κ2) is 6.33. The van der Waals surface area contributed by atoms with Gasteiger partial charge in [-0.15, -0.1) is 0 Å². The van der Waals surface area contributed by atoms with Gasteiger partial charge in [-0.25, -0.2) is 0 Å². The molecule has 1 nitrogen and oxygen atoms in total. The molecule has 2 aliphatic rings. The van der Waals surface area contributed by atoms with E-state index >= 15 is 0 Å². The minimum atomic E-state index is -0.936. The van der Waals surface area contributed by atoms with E-state index in [9.17, 15) is 5.11 Å². The van der Waals surface area contributed by atoms with Crippen molar-refractivity contribution < 1.29 is 56.5 Å². The number of fused-ring (bicyclic) bond motifs is 2. The Labute approximate surface area is 188 Å². The Morgan fingerprint density at radius 2 is 1.46 bits per heavy atom. The molecule has 0 N–H and O–H groups in total. The minimum absolute atomic E-state index is 0. The Bertz CT molecular complexity index is 721. The molecule has 3 atom stereocenters. The van der Waals surface area contributed by atoms with Crippen LogP contribution in [0.25, 0.3) is 11.1 Å². The van der Waals surface area contributed by atoms with Crippen molar-refractivity contribution in [2.75, 3.05) is 0 Å². The number of hydrogen-bond donors (Lipinski definition) is 0. The van der Waals surface area contributed by atoms with E-state index in [2.05, 4.69) is 69.3 Å². The summed E-state index contributed by atoms with van der Waals surface area (Å²) in [5.41, 5.74) is 2.44. The second-order valence-corrected chi connectivity index (χ2v) is 8.26. The van der Waals surface area contributed by atoms with Crippen LogP contribution in [0.5, 0.6) is 0 Å². The molecule has 2 bridgehead atoms. The quantitative estimate of drug-likeness (QED) is 0.762. The number of hydrogen-bond acceptors (Lipinski definition) is 1. The van der Waals surface area contributed by atoms with Crippen LogP contribution in [0.4, 0.5) is 0 Å². The fourth-order valence-corrected chi connectivity index (χ4v) is 5.25. The molecule has 2 fully saturated rings. The summed E-state index contributed by atoms with van der Waals surface area (Å²) < 4.78 is 0. The van der Waals surface area contributed by atoms with Gasteiger partial charge in [0.2, 0.25) is 0 Å². The van der Waals surface area contributed by atoms with E-state index in [0.29, 0.717) is 5.92 Å². The summed E-state index contributed by atoms with van der Waals surface area (Å²) in [6.45, 7) is 6.85. The topological polar surface area (TPSA) is 23.1 Å². The number of rotatable bonds is 2. The van der Waals surface area contributed by atoms with Crippen molar-refractivity contribution in [2.45, 2.75) is 45.6 Å². The van der Waals surface area contributed by atoms with Crippen molar-refractivity contribution in [3.8, 4) is 11.1 Å². The average Bonchev–Trinajstić information content (AvgIpc) is 2.88. The minimum Gasteiger partial charge on any atom is -0.846 e. The van der Waals surface area contributed by atoms with Crippen LogP contribution in [-0.4, -0.2) is 0 Å². The molecule has 0 heterocycles. The molecule has 2 aromatic carbocycles. The summed E-state index contributed by atoms with van der Waals surface area (Å²) in [5, 5.41) is 13.9. The SMILES string of the molecule is CC1(C)[C@@H]2CC[C@@]1(C)[C@@]([O-])(c1ccc(-c3ccccc3)cc1)C2.[K+]. The molecule has 2 aromatic rings. The smallest absolute Gasteiger partial charge is 0.846 e. The second-order valence-electron chi connectivity index (χ2n) is 8.26. The zero-order valence-corrected chi connectivity index (χ0v) is 18.4. The van der Waals surface area contributed by atoms with E-state index in [1.165, 1.54) is 17.5 Å². The number of benzene rings is 2. The van der Waals surface area contributed by atoms with Gasteiger partial charge >= 0.3 is 51.4 Å². The van der Waals surface area contributed by atoms with Gasteiger partial charge in [0.15, 0.2) is 0 Å². The van der Waals surface area contributed by atoms with Gasteiger partial charge in [0.25, 0.3) is 0 Å². The van der Waals surface area contributed by atoms with Crippen molar-refractivity contribution in [3.05, 3.63) is 60.2 Å². The molecule has 0 radical (unpaired) electrons. The first kappa shape index (κ1) is 18.8. The molecule has 24 heavy (non-hydrogen) atoms. The van der Waals surface area contributed by atoms with Crippen molar-refractivity contribution in [2.24, 2.45) is 16.7 Å². The maximum absolute atomic E-state index is 13.9. The van der Waals surface area contributed by atoms with Crippen LogP contribution in [0.3, 0.4) is 0 Å². The molecule has 0 saturated heterocycles. The summed E-state index contributed by atoms with van der Waals surface area (Å²) >= 11 is 0. The molecular formula is C22H25KO. The molecule has 0 aromatic heterocycles. The van der Waals surface area contributed by atoms with Crippen molar-refractivity contribution in [3.63, 3.8) is 0 Å². The predicted octanol–water partition coefficient (Wildman–Crippen LogP) is 1.76. The fraction of sp³-hybridized carbons (Fsp3) is 0.455. The van der Waals surface area contributed by atoms with Crippen molar-refractivity contribution in [1.82, 2.24) is 0 Å². The molecule has 0 spiro atoms. The van der Waals surface area contributed by atoms with E-state index in [1.54, 1.807) is 0 Å². The Morgan fingerprint density at radius 3 is 1.96 bits per heavy atom. The molecule has 0 unspecified atom stereocenters. The van der Waals surface area contributed by atoms with Crippen LogP contribution in [0.15, 0.2) is 54.6 Å². The predicted molar refractivity (Wildman–Crippen MR) is 92.8 cm³/mol. The van der Waals surface area contributed by atoms with Crippen LogP contribution in [0.2, 0.25) is 0 Å². The molecule has 4 rings (SSSR count). The third-order valence-corrected chi connectivity index (χ3v) is 7.32. The van der Waals surface area contributed by atoms with Gasteiger partial charge in [-0.1, -0.05) is 93.0 Å². The maximum Gasteiger partial charge on any atom is 1.00 e. The Kier molecular flexibility index (Phi) is 4.96. The molecule has 2 saturated carbocycles. The monoisotopic (exact) mass is 344 g/mol. The van der Waals surface area contributed by atoms with Crippen LogP contribution >= 0.6 is 0 Å². The summed E-state index contributed by atoms with van der Waals surface area (Å²) in [5.74, 6) is 0.568. The standard InChI is InChI=1S/C22H25O.K/c1-20(2)19-13-14-21(20,3)22(23,15-19)18-11-9-17(10-12-18)16-7-5-4-6-8-16;/h4-12,19H,13-15H2,1-3H3;/q-1;+1/t19-,21-,22+;/m1./s1. The Morgan fingerprint density at radius 1 is 0.875 bits per heavy atom. The van der Waals surface area contributed by atoms with Crippen LogP contribution < -0.4 is 56.5 Å². The van der Waals surface area contributed by atoms with Crippen LogP contribution in [0, 0.1) is 16.7 Å². The molecule has 2 heteroatoms. The third-order valence-electron chi connectivity index (χ3n) is 7.32. The van der Waals surface area contributed by atoms with Crippen LogP contribution in [-0.2, 0) is 5.60 Å². The first-order chi connectivity index (χ1) is 10.9. The van der Waals surface area contributed by atoms with Gasteiger partial charge in [-0.05, 0) is 40.7 Å². The van der Waals surface area contributed by atoms with Crippen molar-refractivity contribution >= 4 is 0 Å². The summed E-state index contributed by atoms with van der Waals surface area (Å²) in [4.78, 5) is 0. The first-order valence-electron chi connectivity index (χ1n) is 8.75. The molecule has 0 aliphatic heterocycles. The Hall–Kier alpha value is 0.0364. The van der Waals surface area contributed by atoms with E-state index in [0.717, 1.165) is 18.4 Å². The summed E-state index contributed by atoms with van der Waals surface area (Å²) in [6, 6.07) is 18.8. The molecule has 2 aliphatic carbocycles. The fourth-order valence-electron chi connectivity index (χ4n) is 5.25. The zero-order valence-electron chi connectivity index (χ0n) is 15.3. The molecule has 120 valence electrons. The van der Waals surface area contributed by atoms with Gasteiger partial charge in [-0.2, -0.15) is 0 Å². The molecule has 0 amide bonds. The van der Waals surface area contributed by atoms with Crippen molar-refractivity contribution in [1.29, 1.82) is 0 Å². The summed E-state index contributed by atoms with van der Waals surface area (Å²) in [7, 11) is 0. The van der Waals surface area contributed by atoms with Gasteiger partial charge in [0.05, 0.1) is 0 Å².